The molecule has 0 aliphatic heterocycles. The minimum Gasteiger partial charge on any atom is -0.352 e. The number of amides is 2. The number of hydrogen-bond acceptors (Lipinski definition) is 8. The molecule has 2 atom stereocenters. The quantitative estimate of drug-likeness (QED) is 0.311. The molecule has 3 aromatic rings. The highest BCUT2D eigenvalue weighted by Crippen LogP contribution is 2.43. The maximum Gasteiger partial charge on any atom is 0.254 e. The fourth-order valence-corrected chi connectivity index (χ4v) is 6.82. The fourth-order valence-electron chi connectivity index (χ4n) is 4.88. The number of benzene rings is 1. The summed E-state index contributed by atoms with van der Waals surface area (Å²) in [6.45, 7) is 0.671. The minimum absolute atomic E-state index is 0.00705. The molecule has 4 N–H and O–H groups in total. The normalized spacial score (nSPS) is 20.3. The summed E-state index contributed by atoms with van der Waals surface area (Å²) in [6.07, 6.45) is 9.46. The molecule has 6 rings (SSSR count). The Morgan fingerprint density at radius 1 is 1.21 bits per heavy atom. The summed E-state index contributed by atoms with van der Waals surface area (Å²) in [6, 6.07) is 7.00. The average molecular weight is 554 g/mol. The second-order valence-corrected chi connectivity index (χ2v) is 13.8. The lowest BCUT2D eigenvalue weighted by atomic mass is 9.91. The number of fused-ring (bicyclic) bond motifs is 1. The molecule has 200 valence electrons. The lowest BCUT2D eigenvalue weighted by molar-refractivity contribution is -0.117. The van der Waals surface area contributed by atoms with Gasteiger partial charge in [0.2, 0.25) is 11.9 Å². The molecule has 38 heavy (non-hydrogen) atoms. The summed E-state index contributed by atoms with van der Waals surface area (Å²) in [5.41, 5.74) is 2.27. The summed E-state index contributed by atoms with van der Waals surface area (Å²) in [4.78, 5) is 27.6. The molecule has 1 aromatic carbocycles. The molecule has 3 aliphatic rings. The first kappa shape index (κ1) is 25.1. The van der Waals surface area contributed by atoms with Crippen molar-refractivity contribution in [1.29, 1.82) is 4.78 Å². The topological polar surface area (TPSA) is 142 Å². The molecule has 0 bridgehead atoms. The van der Waals surface area contributed by atoms with E-state index in [1.54, 1.807) is 24.5 Å². The Labute approximate surface area is 225 Å². The number of nitrogens with one attached hydrogen (secondary N) is 4. The molecule has 2 saturated carbocycles. The van der Waals surface area contributed by atoms with Crippen molar-refractivity contribution in [1.82, 2.24) is 20.1 Å². The minimum atomic E-state index is -2.85. The van der Waals surface area contributed by atoms with E-state index < -0.39 is 9.73 Å². The first-order valence-electron chi connectivity index (χ1n) is 13.0. The lowest BCUT2D eigenvalue weighted by Gasteiger charge is -2.25. The Kier molecular flexibility index (Phi) is 6.47. The number of nitrogens with zero attached hydrogens (tertiary/aromatic N) is 3. The summed E-state index contributed by atoms with van der Waals surface area (Å²) in [7, 11) is -2.85. The maximum absolute atomic E-state index is 13.4. The van der Waals surface area contributed by atoms with E-state index in [4.69, 9.17) is 4.78 Å². The predicted molar refractivity (Wildman–Crippen MR) is 147 cm³/mol. The van der Waals surface area contributed by atoms with Crippen molar-refractivity contribution in [3.8, 4) is 0 Å². The van der Waals surface area contributed by atoms with Crippen LogP contribution in [0.1, 0.15) is 58.9 Å². The molecular weight excluding hydrogens is 522 g/mol. The Bertz CT molecular complexity index is 1500. The van der Waals surface area contributed by atoms with Gasteiger partial charge in [0.1, 0.15) is 11.3 Å². The van der Waals surface area contributed by atoms with Crippen LogP contribution in [-0.2, 0) is 27.4 Å². The van der Waals surface area contributed by atoms with Gasteiger partial charge >= 0.3 is 0 Å². The number of aromatic nitrogens is 3. The van der Waals surface area contributed by atoms with Crippen molar-refractivity contribution in [2.45, 2.75) is 55.9 Å². The van der Waals surface area contributed by atoms with E-state index in [9.17, 15) is 13.8 Å². The largest absolute Gasteiger partial charge is 0.352 e. The van der Waals surface area contributed by atoms with Gasteiger partial charge in [0.25, 0.3) is 5.91 Å². The van der Waals surface area contributed by atoms with E-state index in [-0.39, 0.29) is 23.8 Å². The fraction of sp³-hybridized carbons (Fsp3) is 0.462. The van der Waals surface area contributed by atoms with Gasteiger partial charge in [-0.2, -0.15) is 0 Å². The molecule has 0 spiro atoms. The monoisotopic (exact) mass is 553 g/mol. The van der Waals surface area contributed by atoms with Crippen LogP contribution < -0.4 is 16.0 Å². The number of rotatable bonds is 9. The van der Waals surface area contributed by atoms with Gasteiger partial charge in [0, 0.05) is 40.2 Å². The number of carbonyl (C=O) groups excluding carboxylic acids is 2. The van der Waals surface area contributed by atoms with Crippen LogP contribution in [0.25, 0.3) is 0 Å². The molecule has 12 heteroatoms. The highest BCUT2D eigenvalue weighted by atomic mass is 32.2. The molecule has 0 radical (unpaired) electrons. The third-order valence-electron chi connectivity index (χ3n) is 7.40. The van der Waals surface area contributed by atoms with Crippen LogP contribution in [0.5, 0.6) is 0 Å². The number of aryl methyl sites for hydroxylation is 1. The van der Waals surface area contributed by atoms with Crippen molar-refractivity contribution < 1.29 is 13.8 Å². The standard InChI is InChI=1S/C26H31N7O3S2/c1-38(27,36)19-4-2-3-17(11-19)30-26-32-29-14-33(26)18-9-10-21-20(12-18)22(24(35)28-13-15-5-6-15)25(37-21)31-23(34)16-7-8-16/h2-4,11,14-16,18,27H,5-10,12-13H2,1H3,(H,28,35)(H,30,32)(H,31,34)/t18-,38+/m0/s1. The van der Waals surface area contributed by atoms with Gasteiger partial charge in [-0.3, -0.25) is 14.2 Å². The number of anilines is 3. The van der Waals surface area contributed by atoms with E-state index in [0.29, 0.717) is 46.0 Å². The van der Waals surface area contributed by atoms with Crippen LogP contribution in [0.3, 0.4) is 0 Å². The van der Waals surface area contributed by atoms with E-state index in [0.717, 1.165) is 49.0 Å². The van der Waals surface area contributed by atoms with Gasteiger partial charge in [-0.25, -0.2) is 8.99 Å². The number of thiophene rings is 1. The molecule has 2 heterocycles. The molecule has 10 nitrogen and oxygen atoms in total. The summed E-state index contributed by atoms with van der Waals surface area (Å²) in [5.74, 6) is 1.06. The second-order valence-electron chi connectivity index (χ2n) is 10.6. The Morgan fingerprint density at radius 3 is 2.76 bits per heavy atom. The Balaban J connectivity index is 1.26. The van der Waals surface area contributed by atoms with Crippen LogP contribution in [-0.4, -0.2) is 43.6 Å². The van der Waals surface area contributed by atoms with Crippen molar-refractivity contribution in [2.75, 3.05) is 23.4 Å². The van der Waals surface area contributed by atoms with Crippen LogP contribution in [0, 0.1) is 16.6 Å². The number of carbonyl (C=O) groups is 2. The Morgan fingerprint density at radius 2 is 2.03 bits per heavy atom. The van der Waals surface area contributed by atoms with E-state index in [2.05, 4.69) is 26.1 Å². The van der Waals surface area contributed by atoms with Crippen molar-refractivity contribution in [2.24, 2.45) is 11.8 Å². The van der Waals surface area contributed by atoms with E-state index in [1.807, 2.05) is 10.6 Å². The number of hydrogen-bond donors (Lipinski definition) is 4. The first-order chi connectivity index (χ1) is 18.3. The van der Waals surface area contributed by atoms with Crippen LogP contribution >= 0.6 is 11.3 Å². The van der Waals surface area contributed by atoms with Gasteiger partial charge < -0.3 is 16.0 Å². The molecule has 0 unspecified atom stereocenters. The molecule has 0 saturated heterocycles. The van der Waals surface area contributed by atoms with Crippen LogP contribution in [0.15, 0.2) is 35.5 Å². The smallest absolute Gasteiger partial charge is 0.254 e. The average Bonchev–Trinajstić information content (AvgIpc) is 3.81. The molecule has 2 fully saturated rings. The zero-order valence-electron chi connectivity index (χ0n) is 21.2. The SMILES string of the molecule is C[S@@](=N)(=O)c1cccc(Nc2nncn2[C@H]2CCc3sc(NC(=O)C4CC4)c(C(=O)NCC4CC4)c3C2)c1. The highest BCUT2D eigenvalue weighted by molar-refractivity contribution is 7.91. The van der Waals surface area contributed by atoms with E-state index >= 15 is 0 Å². The van der Waals surface area contributed by atoms with Crippen molar-refractivity contribution in [3.63, 3.8) is 0 Å². The third kappa shape index (κ3) is 5.32. The summed E-state index contributed by atoms with van der Waals surface area (Å²) < 4.78 is 22.1. The van der Waals surface area contributed by atoms with Crippen molar-refractivity contribution >= 4 is 49.5 Å². The zero-order valence-corrected chi connectivity index (χ0v) is 22.8. The van der Waals surface area contributed by atoms with Gasteiger partial charge in [-0.05, 0) is 74.6 Å². The summed E-state index contributed by atoms with van der Waals surface area (Å²) in [5, 5.41) is 18.5. The lowest BCUT2D eigenvalue weighted by Crippen LogP contribution is -2.28. The van der Waals surface area contributed by atoms with Crippen LogP contribution in [0.2, 0.25) is 0 Å². The Hall–Kier alpha value is -3.25. The molecule has 2 aromatic heterocycles. The molecule has 3 aliphatic carbocycles. The summed E-state index contributed by atoms with van der Waals surface area (Å²) >= 11 is 1.53. The molecular formula is C26H31N7O3S2. The third-order valence-corrected chi connectivity index (χ3v) is 9.76. The van der Waals surface area contributed by atoms with Crippen molar-refractivity contribution in [3.05, 3.63) is 46.6 Å². The van der Waals surface area contributed by atoms with Gasteiger partial charge in [0.15, 0.2) is 0 Å². The maximum atomic E-state index is 13.4. The van der Waals surface area contributed by atoms with Gasteiger partial charge in [-0.1, -0.05) is 6.07 Å². The molecule has 2 amide bonds. The highest BCUT2D eigenvalue weighted by Gasteiger charge is 2.35. The van der Waals surface area contributed by atoms with Gasteiger partial charge in [-0.15, -0.1) is 21.5 Å². The van der Waals surface area contributed by atoms with E-state index in [1.165, 1.54) is 17.6 Å². The second kappa shape index (κ2) is 9.81. The van der Waals surface area contributed by atoms with Crippen LogP contribution in [0.4, 0.5) is 16.6 Å². The first-order valence-corrected chi connectivity index (χ1v) is 15.8. The zero-order chi connectivity index (χ0) is 26.4. The van der Waals surface area contributed by atoms with Gasteiger partial charge in [0.05, 0.1) is 15.3 Å². The predicted octanol–water partition coefficient (Wildman–Crippen LogP) is 4.34.